The number of anilines is 1. The third-order valence-corrected chi connectivity index (χ3v) is 5.58. The first-order chi connectivity index (χ1) is 14.5. The number of aromatic carboxylic acids is 1. The zero-order valence-corrected chi connectivity index (χ0v) is 16.8. The number of halogens is 3. The molecule has 2 aromatic rings. The number of carbonyl (C=O) groups is 3. The van der Waals surface area contributed by atoms with E-state index in [9.17, 15) is 27.6 Å². The average Bonchev–Trinajstić information content (AvgIpc) is 2.71. The maximum absolute atomic E-state index is 12.9. The molecule has 7 nitrogen and oxygen atoms in total. The normalized spacial score (nSPS) is 18.2. The van der Waals surface area contributed by atoms with Gasteiger partial charge in [-0.3, -0.25) is 14.5 Å². The van der Waals surface area contributed by atoms with E-state index in [1.807, 2.05) is 0 Å². The van der Waals surface area contributed by atoms with E-state index >= 15 is 0 Å². The van der Waals surface area contributed by atoms with Crippen molar-refractivity contribution in [2.45, 2.75) is 17.8 Å². The van der Waals surface area contributed by atoms with Crippen LogP contribution in [-0.2, 0) is 15.8 Å². The highest BCUT2D eigenvalue weighted by molar-refractivity contribution is 8.15. The number of amidine groups is 1. The number of hydrogen-bond donors (Lipinski definition) is 2. The lowest BCUT2D eigenvalue weighted by Crippen LogP contribution is -2.43. The van der Waals surface area contributed by atoms with Gasteiger partial charge in [-0.2, -0.15) is 13.2 Å². The minimum absolute atomic E-state index is 0.00723. The van der Waals surface area contributed by atoms with Gasteiger partial charge >= 0.3 is 12.1 Å². The predicted octanol–water partition coefficient (Wildman–Crippen LogP) is 3.99. The van der Waals surface area contributed by atoms with Crippen molar-refractivity contribution in [1.82, 2.24) is 4.90 Å². The van der Waals surface area contributed by atoms with Crippen LogP contribution in [0, 0.1) is 0 Å². The molecular weight excluding hydrogens is 435 g/mol. The fourth-order valence-electron chi connectivity index (χ4n) is 2.71. The second-order valence-electron chi connectivity index (χ2n) is 6.58. The maximum Gasteiger partial charge on any atom is 0.416 e. The fraction of sp³-hybridized carbons (Fsp3) is 0.200. The van der Waals surface area contributed by atoms with E-state index in [0.717, 1.165) is 23.9 Å². The number of nitrogens with zero attached hydrogens (tertiary/aromatic N) is 2. The number of hydrogen-bond acceptors (Lipinski definition) is 5. The summed E-state index contributed by atoms with van der Waals surface area (Å²) in [5.41, 5.74) is -0.658. The molecule has 1 heterocycles. The number of alkyl halides is 3. The molecule has 0 radical (unpaired) electrons. The summed E-state index contributed by atoms with van der Waals surface area (Å²) in [5, 5.41) is 10.8. The molecule has 162 valence electrons. The van der Waals surface area contributed by atoms with Gasteiger partial charge < -0.3 is 10.4 Å². The number of carboxylic acids is 1. The van der Waals surface area contributed by atoms with Crippen LogP contribution in [0.4, 0.5) is 24.5 Å². The second-order valence-corrected chi connectivity index (χ2v) is 7.75. The van der Waals surface area contributed by atoms with Crippen LogP contribution >= 0.6 is 11.8 Å². The van der Waals surface area contributed by atoms with Crippen LogP contribution < -0.4 is 5.32 Å². The van der Waals surface area contributed by atoms with Gasteiger partial charge in [0, 0.05) is 19.2 Å². The molecule has 11 heteroatoms. The number of benzene rings is 2. The van der Waals surface area contributed by atoms with Gasteiger partial charge in [0.1, 0.15) is 5.25 Å². The Morgan fingerprint density at radius 1 is 1.19 bits per heavy atom. The monoisotopic (exact) mass is 451 g/mol. The molecule has 1 aliphatic heterocycles. The van der Waals surface area contributed by atoms with Crippen molar-refractivity contribution < 1.29 is 32.7 Å². The number of aliphatic imine (C=N–C) groups is 1. The molecule has 1 saturated heterocycles. The van der Waals surface area contributed by atoms with E-state index in [1.165, 1.54) is 48.3 Å². The van der Waals surface area contributed by atoms with Crippen LogP contribution in [0.25, 0.3) is 0 Å². The zero-order chi connectivity index (χ0) is 22.8. The van der Waals surface area contributed by atoms with Crippen molar-refractivity contribution in [3.63, 3.8) is 0 Å². The summed E-state index contributed by atoms with van der Waals surface area (Å²) < 4.78 is 38.8. The third-order valence-electron chi connectivity index (χ3n) is 4.34. The SMILES string of the molecule is CN1C(=O)CC(C(=O)Nc2cccc(C(=O)O)c2)SC1=Nc1cccc(C(F)(F)F)c1. The highest BCUT2D eigenvalue weighted by Crippen LogP contribution is 2.33. The van der Waals surface area contributed by atoms with Crippen molar-refractivity contribution in [2.75, 3.05) is 12.4 Å². The lowest BCUT2D eigenvalue weighted by molar-refractivity contribution is -0.137. The Hall–Kier alpha value is -3.34. The van der Waals surface area contributed by atoms with Crippen LogP contribution in [0.3, 0.4) is 0 Å². The Morgan fingerprint density at radius 3 is 2.58 bits per heavy atom. The highest BCUT2D eigenvalue weighted by atomic mass is 32.2. The fourth-order valence-corrected chi connectivity index (χ4v) is 3.78. The van der Waals surface area contributed by atoms with E-state index in [2.05, 4.69) is 10.3 Å². The smallest absolute Gasteiger partial charge is 0.416 e. The Bertz CT molecular complexity index is 1070. The second kappa shape index (κ2) is 8.80. The number of rotatable bonds is 4. The minimum Gasteiger partial charge on any atom is -0.478 e. The lowest BCUT2D eigenvalue weighted by Gasteiger charge is -2.28. The van der Waals surface area contributed by atoms with Crippen LogP contribution in [0.2, 0.25) is 0 Å². The summed E-state index contributed by atoms with van der Waals surface area (Å²) in [4.78, 5) is 41.3. The number of amides is 2. The largest absolute Gasteiger partial charge is 0.478 e. The molecule has 1 aliphatic rings. The molecule has 0 aliphatic carbocycles. The first kappa shape index (κ1) is 22.3. The molecule has 0 aromatic heterocycles. The summed E-state index contributed by atoms with van der Waals surface area (Å²) in [5.74, 6) is -2.13. The van der Waals surface area contributed by atoms with E-state index < -0.39 is 34.8 Å². The molecule has 2 N–H and O–H groups in total. The Balaban J connectivity index is 1.81. The average molecular weight is 451 g/mol. The summed E-state index contributed by atoms with van der Waals surface area (Å²) in [6.45, 7) is 0. The summed E-state index contributed by atoms with van der Waals surface area (Å²) in [7, 11) is 1.42. The van der Waals surface area contributed by atoms with E-state index in [0.29, 0.717) is 0 Å². The van der Waals surface area contributed by atoms with Crippen molar-refractivity contribution in [3.8, 4) is 0 Å². The molecule has 31 heavy (non-hydrogen) atoms. The van der Waals surface area contributed by atoms with Gasteiger partial charge in [-0.25, -0.2) is 9.79 Å². The molecular formula is C20H16F3N3O4S. The summed E-state index contributed by atoms with van der Waals surface area (Å²) >= 11 is 0.935. The van der Waals surface area contributed by atoms with Crippen molar-refractivity contribution in [3.05, 3.63) is 59.7 Å². The Kier molecular flexibility index (Phi) is 6.34. The standard InChI is InChI=1S/C20H16F3N3O4S/c1-26-16(27)10-15(17(28)24-13-6-2-4-11(8-13)18(29)30)31-19(26)25-14-7-3-5-12(9-14)20(21,22)23/h2-9,15H,10H2,1H3,(H,24,28)(H,29,30). The first-order valence-corrected chi connectivity index (χ1v) is 9.76. The number of carboxylic acid groups (broad SMARTS) is 1. The zero-order valence-electron chi connectivity index (χ0n) is 16.0. The molecule has 2 amide bonds. The van der Waals surface area contributed by atoms with Crippen molar-refractivity contribution >= 4 is 46.1 Å². The van der Waals surface area contributed by atoms with Crippen LogP contribution in [-0.4, -0.2) is 45.3 Å². The molecule has 0 spiro atoms. The quantitative estimate of drug-likeness (QED) is 0.732. The van der Waals surface area contributed by atoms with E-state index in [-0.39, 0.29) is 28.5 Å². The van der Waals surface area contributed by atoms with Crippen LogP contribution in [0.1, 0.15) is 22.3 Å². The Labute approximate surface area is 179 Å². The first-order valence-electron chi connectivity index (χ1n) is 8.88. The van der Waals surface area contributed by atoms with Crippen LogP contribution in [0.15, 0.2) is 53.5 Å². The number of nitrogens with one attached hydrogen (secondary N) is 1. The van der Waals surface area contributed by atoms with Gasteiger partial charge in [0.2, 0.25) is 11.8 Å². The topological polar surface area (TPSA) is 99.1 Å². The van der Waals surface area contributed by atoms with Crippen molar-refractivity contribution in [1.29, 1.82) is 0 Å². The van der Waals surface area contributed by atoms with Crippen LogP contribution in [0.5, 0.6) is 0 Å². The van der Waals surface area contributed by atoms with Gasteiger partial charge in [0.25, 0.3) is 0 Å². The van der Waals surface area contributed by atoms with Gasteiger partial charge in [-0.15, -0.1) is 0 Å². The predicted molar refractivity (Wildman–Crippen MR) is 109 cm³/mol. The van der Waals surface area contributed by atoms with Gasteiger partial charge in [0.05, 0.1) is 16.8 Å². The minimum atomic E-state index is -4.54. The highest BCUT2D eigenvalue weighted by Gasteiger charge is 2.34. The third kappa shape index (κ3) is 5.43. The summed E-state index contributed by atoms with van der Waals surface area (Å²) in [6.07, 6.45) is -4.68. The van der Waals surface area contributed by atoms with E-state index in [1.54, 1.807) is 0 Å². The molecule has 0 bridgehead atoms. The molecule has 1 fully saturated rings. The lowest BCUT2D eigenvalue weighted by atomic mass is 10.2. The Morgan fingerprint density at radius 2 is 1.90 bits per heavy atom. The maximum atomic E-state index is 12.9. The molecule has 1 unspecified atom stereocenters. The van der Waals surface area contributed by atoms with Gasteiger partial charge in [-0.1, -0.05) is 23.9 Å². The van der Waals surface area contributed by atoms with E-state index in [4.69, 9.17) is 5.11 Å². The number of thioether (sulfide) groups is 1. The molecule has 3 rings (SSSR count). The molecule has 2 aromatic carbocycles. The molecule has 0 saturated carbocycles. The van der Waals surface area contributed by atoms with Crippen molar-refractivity contribution in [2.24, 2.45) is 4.99 Å². The number of carbonyl (C=O) groups excluding carboxylic acids is 2. The van der Waals surface area contributed by atoms with Gasteiger partial charge in [0.15, 0.2) is 5.17 Å². The summed E-state index contributed by atoms with van der Waals surface area (Å²) in [6, 6.07) is 9.95. The van der Waals surface area contributed by atoms with Gasteiger partial charge in [-0.05, 0) is 36.4 Å². The molecule has 1 atom stereocenters.